The molecule has 0 spiro atoms. The van der Waals surface area contributed by atoms with Gasteiger partial charge in [0.1, 0.15) is 24.6 Å². The van der Waals surface area contributed by atoms with Crippen molar-refractivity contribution in [2.75, 3.05) is 13.2 Å². The van der Waals surface area contributed by atoms with E-state index in [9.17, 15) is 19.4 Å². The van der Waals surface area contributed by atoms with Crippen molar-refractivity contribution in [3.63, 3.8) is 0 Å². The minimum Gasteiger partial charge on any atom is -0.449 e. The standard InChI is InChI=1S/C24H21BrFNO4/c25-20-11-14(9-10-21(20)26)23(29)22(28)12-27-24(30)31-13-19-17-7-3-1-5-15(17)16-6-2-4-8-18(16)19/h1-11,19,22-23,28-29H,12-13H2,(H,27,30). The van der Waals surface area contributed by atoms with Gasteiger partial charge in [0, 0.05) is 12.5 Å². The van der Waals surface area contributed by atoms with Gasteiger partial charge in [-0.2, -0.15) is 0 Å². The summed E-state index contributed by atoms with van der Waals surface area (Å²) in [5.74, 6) is -0.535. The Labute approximate surface area is 187 Å². The smallest absolute Gasteiger partial charge is 0.407 e. The van der Waals surface area contributed by atoms with Crippen LogP contribution >= 0.6 is 15.9 Å². The van der Waals surface area contributed by atoms with Crippen LogP contribution in [0.25, 0.3) is 11.1 Å². The molecule has 2 atom stereocenters. The molecule has 5 nitrogen and oxygen atoms in total. The molecule has 0 fully saturated rings. The van der Waals surface area contributed by atoms with Crippen LogP contribution in [0.15, 0.2) is 71.2 Å². The van der Waals surface area contributed by atoms with E-state index in [-0.39, 0.29) is 23.5 Å². The number of alkyl carbamates (subject to hydrolysis) is 1. The number of halogens is 2. The lowest BCUT2D eigenvalue weighted by Gasteiger charge is -2.19. The minimum atomic E-state index is -1.29. The van der Waals surface area contributed by atoms with Gasteiger partial charge in [-0.15, -0.1) is 0 Å². The van der Waals surface area contributed by atoms with Crippen molar-refractivity contribution in [1.29, 1.82) is 0 Å². The van der Waals surface area contributed by atoms with E-state index in [1.54, 1.807) is 0 Å². The number of carbonyl (C=O) groups excluding carboxylic acids is 1. The van der Waals surface area contributed by atoms with Crippen LogP contribution in [-0.4, -0.2) is 35.6 Å². The van der Waals surface area contributed by atoms with Gasteiger partial charge in [-0.1, -0.05) is 54.6 Å². The first-order chi connectivity index (χ1) is 15.0. The van der Waals surface area contributed by atoms with Crippen molar-refractivity contribution >= 4 is 22.0 Å². The lowest BCUT2D eigenvalue weighted by molar-refractivity contribution is 0.0185. The van der Waals surface area contributed by atoms with Gasteiger partial charge in [0.15, 0.2) is 0 Å². The molecule has 1 aliphatic carbocycles. The maximum absolute atomic E-state index is 13.4. The van der Waals surface area contributed by atoms with E-state index < -0.39 is 24.1 Å². The number of rotatable bonds is 6. The van der Waals surface area contributed by atoms with Crippen molar-refractivity contribution < 1.29 is 24.1 Å². The van der Waals surface area contributed by atoms with E-state index in [4.69, 9.17) is 4.74 Å². The average Bonchev–Trinajstić information content (AvgIpc) is 3.11. The van der Waals surface area contributed by atoms with Crippen molar-refractivity contribution in [2.45, 2.75) is 18.1 Å². The van der Waals surface area contributed by atoms with E-state index in [1.807, 2.05) is 36.4 Å². The van der Waals surface area contributed by atoms with Crippen LogP contribution in [0, 0.1) is 5.82 Å². The number of ether oxygens (including phenoxy) is 1. The fourth-order valence-electron chi connectivity index (χ4n) is 3.87. The number of nitrogens with one attached hydrogen (secondary N) is 1. The zero-order valence-corrected chi connectivity index (χ0v) is 18.0. The highest BCUT2D eigenvalue weighted by molar-refractivity contribution is 9.10. The van der Waals surface area contributed by atoms with Crippen molar-refractivity contribution in [3.8, 4) is 11.1 Å². The molecule has 0 aliphatic heterocycles. The Hall–Kier alpha value is -2.74. The molecule has 0 aromatic heterocycles. The Kier molecular flexibility index (Phi) is 6.36. The maximum Gasteiger partial charge on any atom is 0.407 e. The van der Waals surface area contributed by atoms with Crippen molar-refractivity contribution in [1.82, 2.24) is 5.32 Å². The number of benzene rings is 3. The quantitative estimate of drug-likeness (QED) is 0.479. The molecule has 31 heavy (non-hydrogen) atoms. The summed E-state index contributed by atoms with van der Waals surface area (Å²) in [6.45, 7) is -0.0593. The maximum atomic E-state index is 13.4. The molecular weight excluding hydrogens is 465 g/mol. The van der Waals surface area contributed by atoms with Crippen molar-refractivity contribution in [3.05, 3.63) is 93.7 Å². The summed E-state index contributed by atoms with van der Waals surface area (Å²) in [5.41, 5.74) is 4.81. The number of hydrogen-bond acceptors (Lipinski definition) is 4. The van der Waals surface area contributed by atoms with Crippen LogP contribution in [-0.2, 0) is 4.74 Å². The molecule has 2 unspecified atom stereocenters. The van der Waals surface area contributed by atoms with Gasteiger partial charge >= 0.3 is 6.09 Å². The van der Waals surface area contributed by atoms with E-state index in [0.29, 0.717) is 5.56 Å². The average molecular weight is 486 g/mol. The second-order valence-corrected chi connectivity index (χ2v) is 8.25. The third-order valence-corrected chi connectivity index (χ3v) is 6.06. The Morgan fingerprint density at radius 2 is 1.65 bits per heavy atom. The first-order valence-electron chi connectivity index (χ1n) is 9.85. The monoisotopic (exact) mass is 485 g/mol. The van der Waals surface area contributed by atoms with E-state index >= 15 is 0 Å². The number of fused-ring (bicyclic) bond motifs is 3. The first kappa shape index (κ1) is 21.5. The molecule has 0 saturated carbocycles. The number of hydrogen-bond donors (Lipinski definition) is 3. The van der Waals surface area contributed by atoms with Gasteiger partial charge in [-0.25, -0.2) is 9.18 Å². The fourth-order valence-corrected chi connectivity index (χ4v) is 4.26. The molecule has 1 aliphatic rings. The highest BCUT2D eigenvalue weighted by Gasteiger charge is 2.29. The lowest BCUT2D eigenvalue weighted by atomic mass is 9.98. The SMILES string of the molecule is O=C(NCC(O)C(O)c1ccc(F)c(Br)c1)OCC1c2ccccc2-c2ccccc21. The van der Waals surface area contributed by atoms with Crippen LogP contribution < -0.4 is 5.32 Å². The van der Waals surface area contributed by atoms with Gasteiger partial charge in [-0.05, 0) is 55.9 Å². The molecule has 3 aromatic carbocycles. The number of aliphatic hydroxyl groups is 2. The van der Waals surface area contributed by atoms with Crippen molar-refractivity contribution in [2.24, 2.45) is 0 Å². The summed E-state index contributed by atoms with van der Waals surface area (Å²) in [7, 11) is 0. The molecule has 3 aromatic rings. The largest absolute Gasteiger partial charge is 0.449 e. The second-order valence-electron chi connectivity index (χ2n) is 7.39. The molecule has 4 rings (SSSR count). The van der Waals surface area contributed by atoms with E-state index in [2.05, 4.69) is 33.4 Å². The Morgan fingerprint density at radius 3 is 2.26 bits per heavy atom. The normalized spacial score (nSPS) is 14.5. The zero-order chi connectivity index (χ0) is 22.0. The fraction of sp³-hybridized carbons (Fsp3) is 0.208. The number of carbonyl (C=O) groups is 1. The summed E-state index contributed by atoms with van der Waals surface area (Å²) in [6, 6.07) is 20.0. The minimum absolute atomic E-state index is 0.0646. The Morgan fingerprint density at radius 1 is 1.03 bits per heavy atom. The number of amides is 1. The van der Waals surface area contributed by atoms with Crippen LogP contribution in [0.2, 0.25) is 0 Å². The molecule has 0 heterocycles. The third kappa shape index (κ3) is 4.49. The molecule has 1 amide bonds. The molecule has 0 saturated heterocycles. The molecule has 160 valence electrons. The highest BCUT2D eigenvalue weighted by Crippen LogP contribution is 2.44. The van der Waals surface area contributed by atoms with Crippen LogP contribution in [0.5, 0.6) is 0 Å². The first-order valence-corrected chi connectivity index (χ1v) is 10.6. The third-order valence-electron chi connectivity index (χ3n) is 5.45. The molecule has 3 N–H and O–H groups in total. The van der Waals surface area contributed by atoms with Gasteiger partial charge in [0.2, 0.25) is 0 Å². The van der Waals surface area contributed by atoms with Gasteiger partial charge in [0.05, 0.1) is 4.47 Å². The second kappa shape index (κ2) is 9.18. The van der Waals surface area contributed by atoms with Gasteiger partial charge < -0.3 is 20.3 Å². The predicted octanol–water partition coefficient (Wildman–Crippen LogP) is 4.52. The molecule has 0 bridgehead atoms. The highest BCUT2D eigenvalue weighted by atomic mass is 79.9. The summed E-state index contributed by atoms with van der Waals surface area (Å²) in [4.78, 5) is 12.2. The zero-order valence-electron chi connectivity index (χ0n) is 16.5. The van der Waals surface area contributed by atoms with Crippen LogP contribution in [0.4, 0.5) is 9.18 Å². The predicted molar refractivity (Wildman–Crippen MR) is 118 cm³/mol. The van der Waals surface area contributed by atoms with Gasteiger partial charge in [0.25, 0.3) is 0 Å². The summed E-state index contributed by atoms with van der Waals surface area (Å²) in [5, 5.41) is 22.9. The molecular formula is C24H21BrFNO4. The number of aliphatic hydroxyl groups excluding tert-OH is 2. The molecule has 0 radical (unpaired) electrons. The molecule has 7 heteroatoms. The lowest BCUT2D eigenvalue weighted by Crippen LogP contribution is -2.36. The van der Waals surface area contributed by atoms with E-state index in [0.717, 1.165) is 22.3 Å². The Bertz CT molecular complexity index is 1060. The van der Waals surface area contributed by atoms with Crippen LogP contribution in [0.3, 0.4) is 0 Å². The topological polar surface area (TPSA) is 78.8 Å². The summed E-state index contributed by atoms with van der Waals surface area (Å²) < 4.78 is 18.9. The van der Waals surface area contributed by atoms with Crippen LogP contribution in [0.1, 0.15) is 28.7 Å². The Balaban J connectivity index is 1.34. The van der Waals surface area contributed by atoms with E-state index in [1.165, 1.54) is 18.2 Å². The van der Waals surface area contributed by atoms with Gasteiger partial charge in [-0.3, -0.25) is 0 Å². The summed E-state index contributed by atoms with van der Waals surface area (Å²) in [6.07, 6.45) is -3.25. The summed E-state index contributed by atoms with van der Waals surface area (Å²) >= 11 is 3.04.